The molecule has 0 atom stereocenters. The van der Waals surface area contributed by atoms with Crippen LogP contribution in [0.1, 0.15) is 25.7 Å². The van der Waals surface area contributed by atoms with Gasteiger partial charge in [0.05, 0.1) is 4.88 Å². The molecule has 0 aliphatic carbocycles. The van der Waals surface area contributed by atoms with Crippen molar-refractivity contribution in [1.29, 1.82) is 0 Å². The molecule has 1 heterocycles. The Hall–Kier alpha value is -1.68. The van der Waals surface area contributed by atoms with E-state index in [4.69, 9.17) is 0 Å². The number of hydrogen-bond donors (Lipinski definition) is 0. The van der Waals surface area contributed by atoms with Gasteiger partial charge < -0.3 is 4.90 Å². The van der Waals surface area contributed by atoms with Crippen molar-refractivity contribution in [3.05, 3.63) is 57.0 Å². The number of halogens is 1. The van der Waals surface area contributed by atoms with Crippen LogP contribution in [0.25, 0.3) is 0 Å². The Balaban J connectivity index is 2.09. The molecule has 0 aliphatic heterocycles. The van der Waals surface area contributed by atoms with E-state index in [1.807, 2.05) is 19.9 Å². The lowest BCUT2D eigenvalue weighted by atomic mass is 10.2. The van der Waals surface area contributed by atoms with Gasteiger partial charge in [0.15, 0.2) is 0 Å². The van der Waals surface area contributed by atoms with Crippen LogP contribution in [0.2, 0.25) is 0 Å². The molecule has 0 unspecified atom stereocenters. The molecule has 2 aromatic rings. The molecule has 2 nitrogen and oxygen atoms in total. The summed E-state index contributed by atoms with van der Waals surface area (Å²) in [5.41, 5.74) is 2.06. The zero-order chi connectivity index (χ0) is 14.0. The van der Waals surface area contributed by atoms with E-state index in [1.165, 1.54) is 28.3 Å². The summed E-state index contributed by atoms with van der Waals surface area (Å²) >= 11 is 1.51. The second-order valence-electron chi connectivity index (χ2n) is 4.64. The predicted molar refractivity (Wildman–Crippen MR) is 76.0 cm³/mol. The Morgan fingerprint density at radius 3 is 2.42 bits per heavy atom. The van der Waals surface area contributed by atoms with E-state index >= 15 is 0 Å². The van der Waals surface area contributed by atoms with Gasteiger partial charge in [0, 0.05) is 18.5 Å². The van der Waals surface area contributed by atoms with Gasteiger partial charge in [0.2, 0.25) is 0 Å². The second kappa shape index (κ2) is 5.53. The van der Waals surface area contributed by atoms with Gasteiger partial charge in [0.1, 0.15) is 5.82 Å². The molecule has 4 heteroatoms. The Morgan fingerprint density at radius 2 is 1.89 bits per heavy atom. The maximum atomic E-state index is 12.8. The van der Waals surface area contributed by atoms with Crippen LogP contribution < -0.4 is 0 Å². The van der Waals surface area contributed by atoms with Gasteiger partial charge in [-0.05, 0) is 43.2 Å². The van der Waals surface area contributed by atoms with E-state index in [0.717, 1.165) is 16.0 Å². The third-order valence-electron chi connectivity index (χ3n) is 3.06. The van der Waals surface area contributed by atoms with Crippen LogP contribution in [0.5, 0.6) is 0 Å². The highest BCUT2D eigenvalue weighted by molar-refractivity contribution is 7.14. The first kappa shape index (κ1) is 13.7. The van der Waals surface area contributed by atoms with Crippen LogP contribution in [0, 0.1) is 19.7 Å². The molecule has 2 rings (SSSR count). The van der Waals surface area contributed by atoms with E-state index in [2.05, 4.69) is 0 Å². The Labute approximate surface area is 116 Å². The summed E-state index contributed by atoms with van der Waals surface area (Å²) in [6.45, 7) is 4.49. The summed E-state index contributed by atoms with van der Waals surface area (Å²) < 4.78 is 12.8. The van der Waals surface area contributed by atoms with Crippen molar-refractivity contribution in [1.82, 2.24) is 4.90 Å². The number of rotatable bonds is 3. The SMILES string of the molecule is Cc1cc(C(=O)N(C)Cc2ccc(F)cc2)sc1C. The molecule has 0 fully saturated rings. The fourth-order valence-corrected chi connectivity index (χ4v) is 2.83. The second-order valence-corrected chi connectivity index (χ2v) is 5.89. The summed E-state index contributed by atoms with van der Waals surface area (Å²) in [6, 6.07) is 8.14. The normalized spacial score (nSPS) is 10.5. The molecule has 0 spiro atoms. The van der Waals surface area contributed by atoms with Crippen LogP contribution in [0.4, 0.5) is 4.39 Å². The Kier molecular flexibility index (Phi) is 4.00. The first-order chi connectivity index (χ1) is 8.97. The van der Waals surface area contributed by atoms with E-state index in [9.17, 15) is 9.18 Å². The average molecular weight is 277 g/mol. The number of amides is 1. The Bertz CT molecular complexity index is 569. The van der Waals surface area contributed by atoms with E-state index in [0.29, 0.717) is 6.54 Å². The third kappa shape index (κ3) is 3.20. The van der Waals surface area contributed by atoms with Gasteiger partial charge in [-0.15, -0.1) is 11.3 Å². The minimum atomic E-state index is -0.262. The molecular weight excluding hydrogens is 261 g/mol. The van der Waals surface area contributed by atoms with Gasteiger partial charge in [-0.25, -0.2) is 4.39 Å². The zero-order valence-electron chi connectivity index (χ0n) is 11.2. The number of carbonyl (C=O) groups excluding carboxylic acids is 1. The minimum Gasteiger partial charge on any atom is -0.337 e. The standard InChI is InChI=1S/C15H16FNOS/c1-10-8-14(19-11(10)2)15(18)17(3)9-12-4-6-13(16)7-5-12/h4-8H,9H2,1-3H3. The van der Waals surface area contributed by atoms with E-state index in [1.54, 1.807) is 24.1 Å². The van der Waals surface area contributed by atoms with Crippen molar-refractivity contribution < 1.29 is 9.18 Å². The van der Waals surface area contributed by atoms with Crippen molar-refractivity contribution in [3.8, 4) is 0 Å². The maximum Gasteiger partial charge on any atom is 0.263 e. The summed E-state index contributed by atoms with van der Waals surface area (Å²) in [7, 11) is 1.76. The number of aryl methyl sites for hydroxylation is 2. The van der Waals surface area contributed by atoms with Gasteiger partial charge in [0.25, 0.3) is 5.91 Å². The largest absolute Gasteiger partial charge is 0.337 e. The monoisotopic (exact) mass is 277 g/mol. The number of nitrogens with zero attached hydrogens (tertiary/aromatic N) is 1. The molecule has 19 heavy (non-hydrogen) atoms. The number of hydrogen-bond acceptors (Lipinski definition) is 2. The summed E-state index contributed by atoms with van der Waals surface area (Å²) in [5, 5.41) is 0. The molecule has 1 aromatic carbocycles. The van der Waals surface area contributed by atoms with Crippen molar-refractivity contribution >= 4 is 17.2 Å². The van der Waals surface area contributed by atoms with Crippen molar-refractivity contribution in [2.75, 3.05) is 7.05 Å². The molecule has 0 saturated carbocycles. The van der Waals surface area contributed by atoms with Crippen LogP contribution in [-0.2, 0) is 6.54 Å². The molecule has 0 N–H and O–H groups in total. The lowest BCUT2D eigenvalue weighted by Crippen LogP contribution is -2.25. The summed E-state index contributed by atoms with van der Waals surface area (Å²) in [4.78, 5) is 15.8. The fraction of sp³-hybridized carbons (Fsp3) is 0.267. The van der Waals surface area contributed by atoms with E-state index in [-0.39, 0.29) is 11.7 Å². The highest BCUT2D eigenvalue weighted by Gasteiger charge is 2.15. The van der Waals surface area contributed by atoms with E-state index < -0.39 is 0 Å². The van der Waals surface area contributed by atoms with Gasteiger partial charge in [-0.1, -0.05) is 12.1 Å². The van der Waals surface area contributed by atoms with Crippen LogP contribution in [-0.4, -0.2) is 17.9 Å². The first-order valence-electron chi connectivity index (χ1n) is 6.04. The van der Waals surface area contributed by atoms with Crippen molar-refractivity contribution in [3.63, 3.8) is 0 Å². The zero-order valence-corrected chi connectivity index (χ0v) is 12.1. The smallest absolute Gasteiger partial charge is 0.263 e. The first-order valence-corrected chi connectivity index (χ1v) is 6.86. The molecule has 1 amide bonds. The summed E-state index contributed by atoms with van der Waals surface area (Å²) in [5.74, 6) is -0.257. The topological polar surface area (TPSA) is 20.3 Å². The highest BCUT2D eigenvalue weighted by Crippen LogP contribution is 2.22. The lowest BCUT2D eigenvalue weighted by Gasteiger charge is -2.16. The van der Waals surface area contributed by atoms with Gasteiger partial charge in [-0.3, -0.25) is 4.79 Å². The number of carbonyl (C=O) groups is 1. The van der Waals surface area contributed by atoms with Crippen LogP contribution in [0.15, 0.2) is 30.3 Å². The summed E-state index contributed by atoms with van der Waals surface area (Å²) in [6.07, 6.45) is 0. The van der Waals surface area contributed by atoms with Crippen LogP contribution in [0.3, 0.4) is 0 Å². The van der Waals surface area contributed by atoms with Gasteiger partial charge >= 0.3 is 0 Å². The maximum absolute atomic E-state index is 12.8. The average Bonchev–Trinajstić information content (AvgIpc) is 2.71. The molecule has 0 saturated heterocycles. The van der Waals surface area contributed by atoms with Crippen LogP contribution >= 0.6 is 11.3 Å². The molecule has 100 valence electrons. The fourth-order valence-electron chi connectivity index (χ4n) is 1.80. The highest BCUT2D eigenvalue weighted by atomic mass is 32.1. The molecule has 0 radical (unpaired) electrons. The molecule has 1 aromatic heterocycles. The third-order valence-corrected chi connectivity index (χ3v) is 4.20. The lowest BCUT2D eigenvalue weighted by molar-refractivity contribution is 0.0790. The number of thiophene rings is 1. The van der Waals surface area contributed by atoms with Crippen molar-refractivity contribution in [2.45, 2.75) is 20.4 Å². The predicted octanol–water partition coefficient (Wildman–Crippen LogP) is 3.78. The quantitative estimate of drug-likeness (QED) is 0.836. The molecular formula is C15H16FNOS. The Morgan fingerprint density at radius 1 is 1.26 bits per heavy atom. The number of benzene rings is 1. The molecule has 0 aliphatic rings. The van der Waals surface area contributed by atoms with Crippen molar-refractivity contribution in [2.24, 2.45) is 0 Å². The minimum absolute atomic E-state index is 0.00512. The molecule has 0 bridgehead atoms. The van der Waals surface area contributed by atoms with Gasteiger partial charge in [-0.2, -0.15) is 0 Å².